The summed E-state index contributed by atoms with van der Waals surface area (Å²) < 4.78 is 28.5. The summed E-state index contributed by atoms with van der Waals surface area (Å²) in [6.45, 7) is 0.547. The second kappa shape index (κ2) is 10.9. The molecule has 0 bridgehead atoms. The van der Waals surface area contributed by atoms with Crippen molar-refractivity contribution in [1.29, 1.82) is 0 Å². The Labute approximate surface area is 186 Å². The number of amides is 1. The van der Waals surface area contributed by atoms with Crippen LogP contribution in [0.15, 0.2) is 48.7 Å². The molecule has 1 amide bonds. The van der Waals surface area contributed by atoms with Gasteiger partial charge >= 0.3 is 0 Å². The van der Waals surface area contributed by atoms with Gasteiger partial charge in [-0.2, -0.15) is 5.10 Å². The highest BCUT2D eigenvalue weighted by atomic mass is 16.5. The molecule has 0 saturated carbocycles. The molecule has 9 nitrogen and oxygen atoms in total. The molecule has 0 radical (unpaired) electrons. The van der Waals surface area contributed by atoms with Gasteiger partial charge in [0, 0.05) is 12.7 Å². The molecule has 1 heterocycles. The highest BCUT2D eigenvalue weighted by Gasteiger charge is 2.13. The number of para-hydroxylation sites is 1. The molecule has 0 fully saturated rings. The lowest BCUT2D eigenvalue weighted by Gasteiger charge is -2.13. The van der Waals surface area contributed by atoms with Crippen molar-refractivity contribution in [1.82, 2.24) is 15.1 Å². The van der Waals surface area contributed by atoms with Crippen molar-refractivity contribution in [3.63, 3.8) is 0 Å². The van der Waals surface area contributed by atoms with Crippen LogP contribution in [0.1, 0.15) is 16.1 Å². The van der Waals surface area contributed by atoms with Crippen LogP contribution < -0.4 is 29.0 Å². The highest BCUT2D eigenvalue weighted by Crippen LogP contribution is 2.36. The molecular weight excluding hydrogens is 414 g/mol. The second-order valence-electron chi connectivity index (χ2n) is 6.70. The molecule has 3 rings (SSSR count). The highest BCUT2D eigenvalue weighted by molar-refractivity contribution is 5.92. The molecule has 170 valence electrons. The number of rotatable bonds is 11. The van der Waals surface area contributed by atoms with E-state index in [0.717, 1.165) is 5.56 Å². The van der Waals surface area contributed by atoms with Crippen LogP contribution in [0.3, 0.4) is 0 Å². The van der Waals surface area contributed by atoms with E-state index in [1.54, 1.807) is 52.8 Å². The van der Waals surface area contributed by atoms with Gasteiger partial charge in [0.1, 0.15) is 5.69 Å². The van der Waals surface area contributed by atoms with E-state index in [1.165, 1.54) is 4.68 Å². The maximum absolute atomic E-state index is 12.4. The third-order valence-electron chi connectivity index (χ3n) is 4.74. The average Bonchev–Trinajstić information content (AvgIpc) is 3.31. The molecule has 0 aliphatic rings. The largest absolute Gasteiger partial charge is 0.493 e. The Hall–Kier alpha value is -3.88. The first kappa shape index (κ1) is 22.8. The predicted molar refractivity (Wildman–Crippen MR) is 118 cm³/mol. The fraction of sp³-hybridized carbons (Fsp3) is 0.304. The first-order chi connectivity index (χ1) is 15.6. The first-order valence-electron chi connectivity index (χ1n) is 9.96. The summed E-state index contributed by atoms with van der Waals surface area (Å²) in [4.78, 5) is 12.4. The minimum absolute atomic E-state index is 0.0929. The number of methoxy groups -OCH3 is 4. The molecule has 9 heteroatoms. The van der Waals surface area contributed by atoms with Gasteiger partial charge in [-0.05, 0) is 42.3 Å². The minimum Gasteiger partial charge on any atom is -0.493 e. The normalized spacial score (nSPS) is 10.4. The van der Waals surface area contributed by atoms with Crippen molar-refractivity contribution in [3.05, 3.63) is 59.9 Å². The van der Waals surface area contributed by atoms with E-state index in [2.05, 4.69) is 10.4 Å². The lowest BCUT2D eigenvalue weighted by molar-refractivity contribution is 0.0947. The maximum atomic E-state index is 12.4. The maximum Gasteiger partial charge on any atom is 0.271 e. The number of nitrogens with one attached hydrogen (secondary N) is 1. The third-order valence-corrected chi connectivity index (χ3v) is 4.74. The Morgan fingerprint density at radius 3 is 2.25 bits per heavy atom. The van der Waals surface area contributed by atoms with Crippen molar-refractivity contribution in [2.45, 2.75) is 13.2 Å². The van der Waals surface area contributed by atoms with Gasteiger partial charge in [-0.1, -0.05) is 12.1 Å². The topological polar surface area (TPSA) is 93.1 Å². The number of benzene rings is 2. The van der Waals surface area contributed by atoms with Gasteiger partial charge in [-0.25, -0.2) is 4.68 Å². The van der Waals surface area contributed by atoms with Crippen LogP contribution in [0.5, 0.6) is 28.7 Å². The monoisotopic (exact) mass is 441 g/mol. The van der Waals surface area contributed by atoms with Gasteiger partial charge in [0.2, 0.25) is 5.75 Å². The fourth-order valence-electron chi connectivity index (χ4n) is 3.09. The number of nitrogens with zero attached hydrogens (tertiary/aromatic N) is 2. The molecule has 0 spiro atoms. The summed E-state index contributed by atoms with van der Waals surface area (Å²) in [5.74, 6) is 2.61. The zero-order valence-electron chi connectivity index (χ0n) is 18.6. The predicted octanol–water partition coefficient (Wildman–Crippen LogP) is 2.93. The molecule has 0 aliphatic heterocycles. The van der Waals surface area contributed by atoms with Gasteiger partial charge in [0.05, 0.1) is 28.4 Å². The van der Waals surface area contributed by atoms with E-state index in [9.17, 15) is 4.79 Å². The summed E-state index contributed by atoms with van der Waals surface area (Å²) in [6, 6.07) is 12.7. The van der Waals surface area contributed by atoms with E-state index < -0.39 is 0 Å². The first-order valence-corrected chi connectivity index (χ1v) is 9.96. The van der Waals surface area contributed by atoms with Crippen LogP contribution in [0.4, 0.5) is 0 Å². The third kappa shape index (κ3) is 5.42. The zero-order chi connectivity index (χ0) is 22.9. The summed E-state index contributed by atoms with van der Waals surface area (Å²) in [5.41, 5.74) is 1.32. The van der Waals surface area contributed by atoms with E-state index >= 15 is 0 Å². The van der Waals surface area contributed by atoms with Crippen LogP contribution in [0, 0.1) is 0 Å². The van der Waals surface area contributed by atoms with Crippen LogP contribution in [-0.4, -0.2) is 50.7 Å². The van der Waals surface area contributed by atoms with Gasteiger partial charge in [-0.15, -0.1) is 0 Å². The average molecular weight is 441 g/mol. The van der Waals surface area contributed by atoms with Crippen LogP contribution in [0.2, 0.25) is 0 Å². The Kier molecular flexibility index (Phi) is 7.80. The molecule has 1 aromatic heterocycles. The number of ether oxygens (including phenoxy) is 5. The van der Waals surface area contributed by atoms with Crippen molar-refractivity contribution in [3.8, 4) is 28.7 Å². The SMILES string of the molecule is COc1ccc(CCNC(=O)c2ccn(COc3c(OC)cccc3OC)n2)cc1OC. The van der Waals surface area contributed by atoms with Crippen molar-refractivity contribution in [2.24, 2.45) is 0 Å². The van der Waals surface area contributed by atoms with Crippen LogP contribution in [-0.2, 0) is 13.2 Å². The van der Waals surface area contributed by atoms with Gasteiger partial charge in [0.25, 0.3) is 5.91 Å². The quantitative estimate of drug-likeness (QED) is 0.489. The minimum atomic E-state index is -0.265. The van der Waals surface area contributed by atoms with Gasteiger partial charge in [0.15, 0.2) is 29.7 Å². The standard InChI is InChI=1S/C23H27N3O6/c1-28-18-9-8-16(14-21(18)31-4)10-12-24-23(27)17-11-13-26(25-17)15-32-22-19(29-2)6-5-7-20(22)30-3/h5-9,11,13-14H,10,12,15H2,1-4H3,(H,24,27). The summed E-state index contributed by atoms with van der Waals surface area (Å²) in [5, 5.41) is 7.14. The molecule has 2 aromatic carbocycles. The van der Waals surface area contributed by atoms with E-state index in [4.69, 9.17) is 23.7 Å². The summed E-state index contributed by atoms with van der Waals surface area (Å²) in [6.07, 6.45) is 2.31. The molecule has 0 aliphatic carbocycles. The molecule has 3 aromatic rings. The Morgan fingerprint density at radius 2 is 1.59 bits per heavy atom. The molecular formula is C23H27N3O6. The molecule has 32 heavy (non-hydrogen) atoms. The van der Waals surface area contributed by atoms with E-state index in [0.29, 0.717) is 47.4 Å². The lowest BCUT2D eigenvalue weighted by Crippen LogP contribution is -2.26. The molecule has 0 atom stereocenters. The smallest absolute Gasteiger partial charge is 0.271 e. The molecule has 1 N–H and O–H groups in total. The number of carbonyl (C=O) groups excluding carboxylic acids is 1. The van der Waals surface area contributed by atoms with Crippen molar-refractivity contribution >= 4 is 5.91 Å². The van der Waals surface area contributed by atoms with Gasteiger partial charge in [-0.3, -0.25) is 4.79 Å². The number of aromatic nitrogens is 2. The van der Waals surface area contributed by atoms with Gasteiger partial charge < -0.3 is 29.0 Å². The number of hydrogen-bond acceptors (Lipinski definition) is 7. The van der Waals surface area contributed by atoms with E-state index in [-0.39, 0.29) is 12.6 Å². The Bertz CT molecular complexity index is 1030. The van der Waals surface area contributed by atoms with Crippen molar-refractivity contribution in [2.75, 3.05) is 35.0 Å². The van der Waals surface area contributed by atoms with Crippen molar-refractivity contribution < 1.29 is 28.5 Å². The summed E-state index contributed by atoms with van der Waals surface area (Å²) in [7, 11) is 6.29. The second-order valence-corrected chi connectivity index (χ2v) is 6.70. The van der Waals surface area contributed by atoms with E-state index in [1.807, 2.05) is 24.3 Å². The summed E-state index contributed by atoms with van der Waals surface area (Å²) >= 11 is 0. The fourth-order valence-corrected chi connectivity index (χ4v) is 3.09. The Balaban J connectivity index is 1.54. The molecule has 0 unspecified atom stereocenters. The zero-order valence-corrected chi connectivity index (χ0v) is 18.6. The number of carbonyl (C=O) groups is 1. The lowest BCUT2D eigenvalue weighted by atomic mass is 10.1. The Morgan fingerprint density at radius 1 is 0.906 bits per heavy atom. The number of hydrogen-bond donors (Lipinski definition) is 1. The van der Waals surface area contributed by atoms with Crippen LogP contribution >= 0.6 is 0 Å². The van der Waals surface area contributed by atoms with Crippen LogP contribution in [0.25, 0.3) is 0 Å². The molecule has 0 saturated heterocycles.